The van der Waals surface area contributed by atoms with Gasteiger partial charge in [-0.15, -0.1) is 10.2 Å². The van der Waals surface area contributed by atoms with Crippen LogP contribution in [-0.2, 0) is 10.5 Å². The van der Waals surface area contributed by atoms with Gasteiger partial charge in [0.15, 0.2) is 8.68 Å². The van der Waals surface area contributed by atoms with E-state index in [2.05, 4.69) is 56.9 Å². The van der Waals surface area contributed by atoms with E-state index in [1.165, 1.54) is 34.2 Å². The molecule has 6 nitrogen and oxygen atoms in total. The molecule has 0 unspecified atom stereocenters. The summed E-state index contributed by atoms with van der Waals surface area (Å²) in [4.78, 5) is 15.8. The number of hydrogen-bond donors (Lipinski definition) is 1. The molecule has 2 heterocycles. The lowest BCUT2D eigenvalue weighted by atomic mass is 10.2. The Morgan fingerprint density at radius 3 is 2.70 bits per heavy atom. The monoisotopic (exact) mass is 415 g/mol. The summed E-state index contributed by atoms with van der Waals surface area (Å²) in [7, 11) is 0. The van der Waals surface area contributed by atoms with E-state index in [4.69, 9.17) is 0 Å². The summed E-state index contributed by atoms with van der Waals surface area (Å²) in [5.41, 5.74) is 5.82. The average molecular weight is 416 g/mol. The van der Waals surface area contributed by atoms with E-state index >= 15 is 0 Å². The van der Waals surface area contributed by atoms with Crippen LogP contribution in [0.1, 0.15) is 16.7 Å². The van der Waals surface area contributed by atoms with Crippen LogP contribution in [0, 0.1) is 6.92 Å². The molecule has 1 N–H and O–H groups in total. The quantitative estimate of drug-likeness (QED) is 0.343. The molecule has 1 aromatic carbocycles. The Morgan fingerprint density at radius 1 is 1.19 bits per heavy atom. The summed E-state index contributed by atoms with van der Waals surface area (Å²) < 4.78 is 1.67. The minimum atomic E-state index is -0.191. The van der Waals surface area contributed by atoms with Crippen LogP contribution in [-0.4, -0.2) is 33.1 Å². The number of carbonyl (C=O) groups is 1. The highest BCUT2D eigenvalue weighted by molar-refractivity contribution is 8.03. The largest absolute Gasteiger partial charge is 0.272 e. The first kappa shape index (κ1) is 19.5. The summed E-state index contributed by atoms with van der Waals surface area (Å²) in [5, 5.41) is 12.2. The number of pyridine rings is 1. The predicted molar refractivity (Wildman–Crippen MR) is 111 cm³/mol. The van der Waals surface area contributed by atoms with Crippen molar-refractivity contribution in [1.82, 2.24) is 20.6 Å². The predicted octanol–water partition coefficient (Wildman–Crippen LogP) is 3.78. The van der Waals surface area contributed by atoms with E-state index in [1.807, 2.05) is 12.1 Å². The molecule has 3 aromatic rings. The molecule has 3 rings (SSSR count). The highest BCUT2D eigenvalue weighted by Crippen LogP contribution is 2.30. The number of hydrazone groups is 1. The molecule has 0 atom stereocenters. The van der Waals surface area contributed by atoms with Crippen LogP contribution >= 0.6 is 34.9 Å². The van der Waals surface area contributed by atoms with Crippen LogP contribution in [0.4, 0.5) is 0 Å². The Hall–Kier alpha value is -2.23. The van der Waals surface area contributed by atoms with Gasteiger partial charge in [0.1, 0.15) is 0 Å². The molecule has 2 aromatic heterocycles. The van der Waals surface area contributed by atoms with Crippen molar-refractivity contribution in [3.05, 3.63) is 65.5 Å². The molecule has 1 amide bonds. The number of hydrogen-bond acceptors (Lipinski definition) is 8. The molecular formula is C18H17N5OS3. The first-order chi connectivity index (χ1) is 13.2. The zero-order chi connectivity index (χ0) is 18.9. The van der Waals surface area contributed by atoms with Crippen LogP contribution in [0.5, 0.6) is 0 Å². The van der Waals surface area contributed by atoms with Crippen molar-refractivity contribution in [3.8, 4) is 0 Å². The Bertz CT molecular complexity index is 897. The lowest BCUT2D eigenvalue weighted by Gasteiger charge is -1.99. The maximum atomic E-state index is 11.8. The van der Waals surface area contributed by atoms with Crippen molar-refractivity contribution in [2.45, 2.75) is 21.4 Å². The van der Waals surface area contributed by atoms with Gasteiger partial charge in [0, 0.05) is 23.7 Å². The third-order valence-corrected chi connectivity index (χ3v) is 6.55. The van der Waals surface area contributed by atoms with Gasteiger partial charge in [0.25, 0.3) is 5.91 Å². The molecule has 0 radical (unpaired) electrons. The zero-order valence-electron chi connectivity index (χ0n) is 14.5. The molecule has 0 spiro atoms. The number of benzene rings is 1. The Balaban J connectivity index is 1.40. The van der Waals surface area contributed by atoms with Gasteiger partial charge in [-0.25, -0.2) is 5.43 Å². The highest BCUT2D eigenvalue weighted by atomic mass is 32.2. The molecule has 9 heteroatoms. The maximum Gasteiger partial charge on any atom is 0.250 e. The molecule has 138 valence electrons. The standard InChI is InChI=1S/C18H17N5OS3/c1-13-4-6-14(7-5-13)11-25-17-22-23-18(27-17)26-12-16(24)21-20-10-15-3-2-8-19-9-15/h2-10H,11-12H2,1H3,(H,21,24)/b20-10+. The van der Waals surface area contributed by atoms with Crippen molar-refractivity contribution >= 4 is 47.0 Å². The zero-order valence-corrected chi connectivity index (χ0v) is 17.0. The van der Waals surface area contributed by atoms with E-state index in [9.17, 15) is 4.79 Å². The number of nitrogens with one attached hydrogen (secondary N) is 1. The van der Waals surface area contributed by atoms with E-state index in [1.54, 1.807) is 30.4 Å². The third kappa shape index (κ3) is 6.78. The summed E-state index contributed by atoms with van der Waals surface area (Å²) in [6.07, 6.45) is 4.91. The third-order valence-electron chi connectivity index (χ3n) is 3.28. The maximum absolute atomic E-state index is 11.8. The van der Waals surface area contributed by atoms with Gasteiger partial charge in [-0.2, -0.15) is 5.10 Å². The topological polar surface area (TPSA) is 80.1 Å². The molecule has 0 fully saturated rings. The van der Waals surface area contributed by atoms with E-state index < -0.39 is 0 Å². The van der Waals surface area contributed by atoms with Crippen LogP contribution in [0.3, 0.4) is 0 Å². The minimum Gasteiger partial charge on any atom is -0.272 e. The lowest BCUT2D eigenvalue weighted by molar-refractivity contribution is -0.118. The molecular weight excluding hydrogens is 398 g/mol. The second-order valence-electron chi connectivity index (χ2n) is 5.48. The van der Waals surface area contributed by atoms with Gasteiger partial charge in [0.05, 0.1) is 12.0 Å². The number of aryl methyl sites for hydroxylation is 1. The molecule has 0 saturated heterocycles. The first-order valence-electron chi connectivity index (χ1n) is 8.05. The van der Waals surface area contributed by atoms with Crippen LogP contribution in [0.25, 0.3) is 0 Å². The van der Waals surface area contributed by atoms with Crippen molar-refractivity contribution in [3.63, 3.8) is 0 Å². The summed E-state index contributed by atoms with van der Waals surface area (Å²) in [6, 6.07) is 12.1. The van der Waals surface area contributed by atoms with Crippen LogP contribution in [0.15, 0.2) is 62.6 Å². The van der Waals surface area contributed by atoms with Crippen molar-refractivity contribution < 1.29 is 4.79 Å². The molecule has 27 heavy (non-hydrogen) atoms. The average Bonchev–Trinajstić information content (AvgIpc) is 3.15. The smallest absolute Gasteiger partial charge is 0.250 e. The molecule has 0 saturated carbocycles. The SMILES string of the molecule is Cc1ccc(CSc2nnc(SCC(=O)N/N=C/c3cccnc3)s2)cc1. The summed E-state index contributed by atoms with van der Waals surface area (Å²) >= 11 is 4.50. The molecule has 0 aliphatic carbocycles. The van der Waals surface area contributed by atoms with Crippen LogP contribution in [0.2, 0.25) is 0 Å². The second-order valence-corrected chi connectivity index (χ2v) is 8.90. The van der Waals surface area contributed by atoms with Gasteiger partial charge in [-0.1, -0.05) is 70.8 Å². The molecule has 0 bridgehead atoms. The number of rotatable bonds is 8. The fraction of sp³-hybridized carbons (Fsp3) is 0.167. The fourth-order valence-corrected chi connectivity index (χ4v) is 4.70. The molecule has 0 aliphatic heterocycles. The first-order valence-corrected chi connectivity index (χ1v) is 10.8. The van der Waals surface area contributed by atoms with Gasteiger partial charge < -0.3 is 0 Å². The second kappa shape index (κ2) is 10.2. The normalized spacial score (nSPS) is 11.0. The lowest BCUT2D eigenvalue weighted by Crippen LogP contribution is -2.19. The van der Waals surface area contributed by atoms with Gasteiger partial charge in [-0.05, 0) is 18.6 Å². The van der Waals surface area contributed by atoms with Gasteiger partial charge in [-0.3, -0.25) is 9.78 Å². The number of amides is 1. The Labute approximate surface area is 169 Å². The molecule has 0 aliphatic rings. The number of thioether (sulfide) groups is 2. The summed E-state index contributed by atoms with van der Waals surface area (Å²) in [6.45, 7) is 2.07. The number of carbonyl (C=O) groups excluding carboxylic acids is 1. The Kier molecular flexibility index (Phi) is 7.37. The van der Waals surface area contributed by atoms with Crippen LogP contribution < -0.4 is 5.43 Å². The van der Waals surface area contributed by atoms with Crippen molar-refractivity contribution in [2.75, 3.05) is 5.75 Å². The van der Waals surface area contributed by atoms with E-state index in [0.717, 1.165) is 20.0 Å². The Morgan fingerprint density at radius 2 is 1.96 bits per heavy atom. The minimum absolute atomic E-state index is 0.191. The van der Waals surface area contributed by atoms with Crippen molar-refractivity contribution in [2.24, 2.45) is 5.10 Å². The number of aromatic nitrogens is 3. The highest BCUT2D eigenvalue weighted by Gasteiger charge is 2.08. The number of nitrogens with zero attached hydrogens (tertiary/aromatic N) is 4. The van der Waals surface area contributed by atoms with E-state index in [-0.39, 0.29) is 11.7 Å². The van der Waals surface area contributed by atoms with Gasteiger partial charge >= 0.3 is 0 Å². The van der Waals surface area contributed by atoms with Gasteiger partial charge in [0.2, 0.25) is 0 Å². The van der Waals surface area contributed by atoms with Crippen molar-refractivity contribution in [1.29, 1.82) is 0 Å². The fourth-order valence-electron chi connectivity index (χ4n) is 1.93. The summed E-state index contributed by atoms with van der Waals surface area (Å²) in [5.74, 6) is 0.898. The van der Waals surface area contributed by atoms with E-state index in [0.29, 0.717) is 0 Å².